The van der Waals surface area contributed by atoms with E-state index >= 15 is 0 Å². The van der Waals surface area contributed by atoms with Crippen molar-refractivity contribution in [3.05, 3.63) is 48.5 Å². The van der Waals surface area contributed by atoms with E-state index in [1.54, 1.807) is 6.20 Å². The first-order chi connectivity index (χ1) is 8.68. The number of anilines is 2. The third kappa shape index (κ3) is 2.77. The van der Waals surface area contributed by atoms with E-state index in [1.165, 1.54) is 5.56 Å². The normalized spacial score (nSPS) is 11.9. The number of nitrogens with one attached hydrogen (secondary N) is 1. The number of rotatable bonds is 4. The van der Waals surface area contributed by atoms with Crippen LogP contribution in [0.3, 0.4) is 0 Å². The molecule has 0 aromatic carbocycles. The highest BCUT2D eigenvalue weighted by molar-refractivity contribution is 5.68. The average Bonchev–Trinajstić information content (AvgIpc) is 2.40. The third-order valence-electron chi connectivity index (χ3n) is 2.86. The monoisotopic (exact) mass is 242 g/mol. The van der Waals surface area contributed by atoms with E-state index in [-0.39, 0.29) is 6.04 Å². The predicted molar refractivity (Wildman–Crippen MR) is 74.8 cm³/mol. The molecule has 1 N–H and O–H groups in total. The fourth-order valence-corrected chi connectivity index (χ4v) is 1.86. The van der Waals surface area contributed by atoms with Crippen molar-refractivity contribution >= 4 is 11.4 Å². The molecule has 4 nitrogen and oxygen atoms in total. The van der Waals surface area contributed by atoms with Crippen molar-refractivity contribution in [2.24, 2.45) is 0 Å². The molecule has 0 spiro atoms. The van der Waals surface area contributed by atoms with Crippen molar-refractivity contribution in [2.45, 2.75) is 13.0 Å². The van der Waals surface area contributed by atoms with Gasteiger partial charge in [0, 0.05) is 38.7 Å². The van der Waals surface area contributed by atoms with Gasteiger partial charge in [0.1, 0.15) is 0 Å². The Morgan fingerprint density at radius 2 is 1.72 bits per heavy atom. The van der Waals surface area contributed by atoms with Crippen molar-refractivity contribution in [1.82, 2.24) is 9.97 Å². The van der Waals surface area contributed by atoms with E-state index in [4.69, 9.17) is 0 Å². The Bertz CT molecular complexity index is 496. The van der Waals surface area contributed by atoms with E-state index in [0.29, 0.717) is 0 Å². The zero-order valence-corrected chi connectivity index (χ0v) is 11.0. The molecule has 2 aromatic rings. The summed E-state index contributed by atoms with van der Waals surface area (Å²) in [6, 6.07) is 6.25. The number of hydrogen-bond acceptors (Lipinski definition) is 4. The molecule has 1 atom stereocenters. The molecule has 0 saturated carbocycles. The molecule has 0 aliphatic heterocycles. The molecule has 1 unspecified atom stereocenters. The molecule has 0 aliphatic carbocycles. The van der Waals surface area contributed by atoms with Gasteiger partial charge < -0.3 is 10.2 Å². The lowest BCUT2D eigenvalue weighted by Gasteiger charge is -2.21. The van der Waals surface area contributed by atoms with Gasteiger partial charge in [-0.3, -0.25) is 9.97 Å². The van der Waals surface area contributed by atoms with Crippen LogP contribution >= 0.6 is 0 Å². The van der Waals surface area contributed by atoms with Crippen LogP contribution < -0.4 is 10.2 Å². The van der Waals surface area contributed by atoms with Gasteiger partial charge in [0.2, 0.25) is 0 Å². The van der Waals surface area contributed by atoms with Gasteiger partial charge in [0.05, 0.1) is 17.6 Å². The highest BCUT2D eigenvalue weighted by Gasteiger charge is 2.09. The van der Waals surface area contributed by atoms with Gasteiger partial charge in [-0.05, 0) is 30.7 Å². The number of nitrogens with zero attached hydrogens (tertiary/aromatic N) is 3. The quantitative estimate of drug-likeness (QED) is 0.895. The van der Waals surface area contributed by atoms with Crippen LogP contribution in [0.4, 0.5) is 11.4 Å². The zero-order valence-electron chi connectivity index (χ0n) is 11.0. The van der Waals surface area contributed by atoms with Crippen molar-refractivity contribution < 1.29 is 0 Å². The van der Waals surface area contributed by atoms with Gasteiger partial charge in [0.25, 0.3) is 0 Å². The van der Waals surface area contributed by atoms with Gasteiger partial charge in [-0.15, -0.1) is 0 Å². The lowest BCUT2D eigenvalue weighted by atomic mass is 10.1. The molecule has 18 heavy (non-hydrogen) atoms. The van der Waals surface area contributed by atoms with Crippen LogP contribution in [0.5, 0.6) is 0 Å². The Morgan fingerprint density at radius 3 is 2.39 bits per heavy atom. The summed E-state index contributed by atoms with van der Waals surface area (Å²) in [4.78, 5) is 10.3. The molecular formula is C14H18N4. The van der Waals surface area contributed by atoms with Crippen molar-refractivity contribution in [3.63, 3.8) is 0 Å². The lowest BCUT2D eigenvalue weighted by molar-refractivity contribution is 0.877. The Balaban J connectivity index is 2.19. The van der Waals surface area contributed by atoms with Crippen LogP contribution in [0, 0.1) is 0 Å². The van der Waals surface area contributed by atoms with Crippen molar-refractivity contribution in [2.75, 3.05) is 24.3 Å². The van der Waals surface area contributed by atoms with Crippen LogP contribution in [0.15, 0.2) is 43.0 Å². The van der Waals surface area contributed by atoms with Gasteiger partial charge in [-0.1, -0.05) is 0 Å². The summed E-state index contributed by atoms with van der Waals surface area (Å²) >= 11 is 0. The molecule has 2 aromatic heterocycles. The third-order valence-corrected chi connectivity index (χ3v) is 2.86. The van der Waals surface area contributed by atoms with Gasteiger partial charge in [-0.2, -0.15) is 0 Å². The first-order valence-electron chi connectivity index (χ1n) is 5.96. The Hall–Kier alpha value is -2.10. The van der Waals surface area contributed by atoms with Gasteiger partial charge in [0.15, 0.2) is 0 Å². The molecule has 0 amide bonds. The first kappa shape index (κ1) is 12.4. The highest BCUT2D eigenvalue weighted by atomic mass is 15.1. The Kier molecular flexibility index (Phi) is 3.77. The fraction of sp³-hybridized carbons (Fsp3) is 0.286. The summed E-state index contributed by atoms with van der Waals surface area (Å²) < 4.78 is 0. The molecule has 94 valence electrons. The summed E-state index contributed by atoms with van der Waals surface area (Å²) in [5, 5.41) is 3.48. The maximum absolute atomic E-state index is 4.17. The molecule has 0 bridgehead atoms. The number of pyridine rings is 2. The van der Waals surface area contributed by atoms with E-state index < -0.39 is 0 Å². The minimum Gasteiger partial charge on any atom is -0.376 e. The minimum absolute atomic E-state index is 0.218. The molecule has 0 radical (unpaired) electrons. The van der Waals surface area contributed by atoms with E-state index in [9.17, 15) is 0 Å². The lowest BCUT2D eigenvalue weighted by Crippen LogP contribution is -2.14. The maximum atomic E-state index is 4.17. The molecule has 4 heteroatoms. The molecule has 0 aliphatic rings. The molecule has 0 saturated heterocycles. The summed E-state index contributed by atoms with van der Waals surface area (Å²) in [5.41, 5.74) is 3.37. The minimum atomic E-state index is 0.218. The summed E-state index contributed by atoms with van der Waals surface area (Å²) in [7, 11) is 4.05. The van der Waals surface area contributed by atoms with Crippen LogP contribution in [-0.2, 0) is 0 Å². The van der Waals surface area contributed by atoms with Crippen LogP contribution in [0.1, 0.15) is 18.5 Å². The second-order valence-electron chi connectivity index (χ2n) is 4.43. The molecule has 0 fully saturated rings. The van der Waals surface area contributed by atoms with Crippen molar-refractivity contribution in [3.8, 4) is 0 Å². The van der Waals surface area contributed by atoms with Crippen LogP contribution in [-0.4, -0.2) is 24.1 Å². The zero-order chi connectivity index (χ0) is 13.0. The average molecular weight is 242 g/mol. The molecule has 2 heterocycles. The first-order valence-corrected chi connectivity index (χ1v) is 5.96. The predicted octanol–water partition coefficient (Wildman–Crippen LogP) is 2.72. The van der Waals surface area contributed by atoms with E-state index in [0.717, 1.165) is 11.4 Å². The smallest absolute Gasteiger partial charge is 0.0768 e. The Morgan fingerprint density at radius 1 is 1.06 bits per heavy atom. The largest absolute Gasteiger partial charge is 0.376 e. The topological polar surface area (TPSA) is 41.1 Å². The second kappa shape index (κ2) is 5.49. The van der Waals surface area contributed by atoms with Crippen molar-refractivity contribution in [1.29, 1.82) is 0 Å². The molecular weight excluding hydrogens is 224 g/mol. The van der Waals surface area contributed by atoms with Crippen LogP contribution in [0.25, 0.3) is 0 Å². The standard InChI is InChI=1S/C14H18N4/c1-11(12-4-7-15-8-5-12)17-13-10-16-9-6-14(13)18(2)3/h4-11,17H,1-3H3. The SMILES string of the molecule is CC(Nc1cnccc1N(C)C)c1ccncc1. The highest BCUT2D eigenvalue weighted by Crippen LogP contribution is 2.26. The summed E-state index contributed by atoms with van der Waals surface area (Å²) in [6.45, 7) is 2.13. The number of aromatic nitrogens is 2. The fourth-order valence-electron chi connectivity index (χ4n) is 1.86. The van der Waals surface area contributed by atoms with E-state index in [2.05, 4.69) is 27.1 Å². The van der Waals surface area contributed by atoms with E-state index in [1.807, 2.05) is 50.9 Å². The summed E-state index contributed by atoms with van der Waals surface area (Å²) in [5.74, 6) is 0. The van der Waals surface area contributed by atoms with Gasteiger partial charge in [-0.25, -0.2) is 0 Å². The molecule has 2 rings (SSSR count). The van der Waals surface area contributed by atoms with Crippen LogP contribution in [0.2, 0.25) is 0 Å². The summed E-state index contributed by atoms with van der Waals surface area (Å²) in [6.07, 6.45) is 7.28. The maximum Gasteiger partial charge on any atom is 0.0768 e. The number of hydrogen-bond donors (Lipinski definition) is 1. The second-order valence-corrected chi connectivity index (χ2v) is 4.43. The van der Waals surface area contributed by atoms with Gasteiger partial charge >= 0.3 is 0 Å². The Labute approximate surface area is 108 Å².